The number of nitrogens with zero attached hydrogens (tertiary/aromatic N) is 1. The van der Waals surface area contributed by atoms with Crippen molar-refractivity contribution in [3.63, 3.8) is 0 Å². The van der Waals surface area contributed by atoms with Crippen molar-refractivity contribution in [1.29, 1.82) is 0 Å². The van der Waals surface area contributed by atoms with Gasteiger partial charge in [-0.15, -0.1) is 0 Å². The van der Waals surface area contributed by atoms with Crippen LogP contribution >= 0.6 is 0 Å². The SMILES string of the molecule is Cc1ccc(C)c(NC(=O)C(=O)N(C=O)CCCN)c1. The first-order valence-corrected chi connectivity index (χ1v) is 6.34. The van der Waals surface area contributed by atoms with E-state index in [-0.39, 0.29) is 6.54 Å². The van der Waals surface area contributed by atoms with Gasteiger partial charge in [0.25, 0.3) is 0 Å². The van der Waals surface area contributed by atoms with Gasteiger partial charge in [0.15, 0.2) is 0 Å². The molecule has 0 saturated heterocycles. The lowest BCUT2D eigenvalue weighted by atomic mass is 10.1. The first kappa shape index (κ1) is 15.8. The molecule has 6 nitrogen and oxygen atoms in total. The van der Waals surface area contributed by atoms with Crippen molar-refractivity contribution in [3.05, 3.63) is 29.3 Å². The van der Waals surface area contributed by atoms with E-state index in [1.54, 1.807) is 6.07 Å². The van der Waals surface area contributed by atoms with Crippen LogP contribution in [0.1, 0.15) is 17.5 Å². The third-order valence-electron chi connectivity index (χ3n) is 2.83. The molecular formula is C14H19N3O3. The van der Waals surface area contributed by atoms with Gasteiger partial charge in [0, 0.05) is 12.2 Å². The van der Waals surface area contributed by atoms with E-state index >= 15 is 0 Å². The maximum absolute atomic E-state index is 11.8. The summed E-state index contributed by atoms with van der Waals surface area (Å²) < 4.78 is 0. The van der Waals surface area contributed by atoms with Crippen LogP contribution in [-0.4, -0.2) is 36.2 Å². The van der Waals surface area contributed by atoms with Crippen molar-refractivity contribution >= 4 is 23.9 Å². The van der Waals surface area contributed by atoms with Gasteiger partial charge in [0.2, 0.25) is 6.41 Å². The Morgan fingerprint density at radius 1 is 1.35 bits per heavy atom. The molecule has 6 heteroatoms. The summed E-state index contributed by atoms with van der Waals surface area (Å²) in [7, 11) is 0. The fraction of sp³-hybridized carbons (Fsp3) is 0.357. The molecule has 0 aliphatic carbocycles. The second-order valence-corrected chi connectivity index (χ2v) is 4.52. The van der Waals surface area contributed by atoms with Crippen LogP contribution in [0.5, 0.6) is 0 Å². The molecule has 0 radical (unpaired) electrons. The second-order valence-electron chi connectivity index (χ2n) is 4.52. The van der Waals surface area contributed by atoms with E-state index in [2.05, 4.69) is 5.32 Å². The minimum absolute atomic E-state index is 0.138. The molecule has 0 spiro atoms. The average molecular weight is 277 g/mol. The zero-order valence-electron chi connectivity index (χ0n) is 11.7. The monoisotopic (exact) mass is 277 g/mol. The summed E-state index contributed by atoms with van der Waals surface area (Å²) in [6.45, 7) is 4.19. The number of anilines is 1. The number of hydrogen-bond acceptors (Lipinski definition) is 4. The fourth-order valence-corrected chi connectivity index (χ4v) is 1.64. The lowest BCUT2D eigenvalue weighted by Crippen LogP contribution is -2.40. The van der Waals surface area contributed by atoms with Crippen LogP contribution in [0.25, 0.3) is 0 Å². The number of rotatable bonds is 5. The first-order chi connectivity index (χ1) is 9.49. The predicted molar refractivity (Wildman–Crippen MR) is 76.0 cm³/mol. The number of aryl methyl sites for hydroxylation is 2. The highest BCUT2D eigenvalue weighted by atomic mass is 16.2. The van der Waals surface area contributed by atoms with Crippen molar-refractivity contribution in [1.82, 2.24) is 4.90 Å². The highest BCUT2D eigenvalue weighted by molar-refractivity contribution is 6.41. The summed E-state index contributed by atoms with van der Waals surface area (Å²) in [5, 5.41) is 2.52. The van der Waals surface area contributed by atoms with E-state index in [4.69, 9.17) is 5.73 Å². The lowest BCUT2D eigenvalue weighted by Gasteiger charge is -2.15. The van der Waals surface area contributed by atoms with Crippen LogP contribution in [-0.2, 0) is 14.4 Å². The van der Waals surface area contributed by atoms with E-state index < -0.39 is 11.8 Å². The fourth-order valence-electron chi connectivity index (χ4n) is 1.64. The summed E-state index contributed by atoms with van der Waals surface area (Å²) in [5.74, 6) is -1.71. The first-order valence-electron chi connectivity index (χ1n) is 6.34. The number of amides is 3. The van der Waals surface area contributed by atoms with Crippen molar-refractivity contribution in [2.45, 2.75) is 20.3 Å². The lowest BCUT2D eigenvalue weighted by molar-refractivity contribution is -0.146. The molecule has 0 heterocycles. The van der Waals surface area contributed by atoms with Crippen molar-refractivity contribution in [3.8, 4) is 0 Å². The zero-order chi connectivity index (χ0) is 15.1. The molecule has 0 aliphatic rings. The van der Waals surface area contributed by atoms with E-state index in [0.29, 0.717) is 25.1 Å². The Hall–Kier alpha value is -2.21. The van der Waals surface area contributed by atoms with E-state index in [1.807, 2.05) is 26.0 Å². The van der Waals surface area contributed by atoms with Gasteiger partial charge in [0.1, 0.15) is 0 Å². The molecule has 3 amide bonds. The molecule has 1 aromatic carbocycles. The summed E-state index contributed by atoms with van der Waals surface area (Å²) in [5.41, 5.74) is 7.69. The molecular weight excluding hydrogens is 258 g/mol. The molecule has 0 aliphatic heterocycles. The molecule has 0 unspecified atom stereocenters. The number of carbonyl (C=O) groups is 3. The molecule has 1 aromatic rings. The molecule has 108 valence electrons. The Bertz CT molecular complexity index is 514. The number of carbonyl (C=O) groups excluding carboxylic acids is 3. The van der Waals surface area contributed by atoms with Gasteiger partial charge in [-0.25, -0.2) is 0 Å². The Kier molecular flexibility index (Phi) is 5.86. The summed E-state index contributed by atoms with van der Waals surface area (Å²) in [6.07, 6.45) is 0.807. The van der Waals surface area contributed by atoms with Crippen LogP contribution < -0.4 is 11.1 Å². The standard InChI is InChI=1S/C14H19N3O3/c1-10-4-5-11(2)12(8-10)16-13(19)14(20)17(9-18)7-3-6-15/h4-5,8-9H,3,6-7,15H2,1-2H3,(H,16,19). The number of nitrogens with one attached hydrogen (secondary N) is 1. The third kappa shape index (κ3) is 4.17. The maximum atomic E-state index is 11.8. The van der Waals surface area contributed by atoms with Crippen LogP contribution in [0.4, 0.5) is 5.69 Å². The van der Waals surface area contributed by atoms with Gasteiger partial charge in [0.05, 0.1) is 0 Å². The van der Waals surface area contributed by atoms with Gasteiger partial charge < -0.3 is 11.1 Å². The van der Waals surface area contributed by atoms with Crippen molar-refractivity contribution in [2.75, 3.05) is 18.4 Å². The minimum Gasteiger partial charge on any atom is -0.330 e. The highest BCUT2D eigenvalue weighted by Crippen LogP contribution is 2.16. The molecule has 3 N–H and O–H groups in total. The second kappa shape index (κ2) is 7.40. The summed E-state index contributed by atoms with van der Waals surface area (Å²) in [4.78, 5) is 35.3. The van der Waals surface area contributed by atoms with E-state index in [1.165, 1.54) is 0 Å². The predicted octanol–water partition coefficient (Wildman–Crippen LogP) is 0.576. The highest BCUT2D eigenvalue weighted by Gasteiger charge is 2.21. The topological polar surface area (TPSA) is 92.5 Å². The van der Waals surface area contributed by atoms with Crippen molar-refractivity contribution in [2.24, 2.45) is 5.73 Å². The van der Waals surface area contributed by atoms with Gasteiger partial charge in [-0.05, 0) is 44.0 Å². The van der Waals surface area contributed by atoms with Crippen LogP contribution in [0.15, 0.2) is 18.2 Å². The summed E-state index contributed by atoms with van der Waals surface area (Å²) >= 11 is 0. The molecule has 0 atom stereocenters. The number of imide groups is 1. The Morgan fingerprint density at radius 2 is 2.05 bits per heavy atom. The number of hydrogen-bond donors (Lipinski definition) is 2. The van der Waals surface area contributed by atoms with Crippen LogP contribution in [0.3, 0.4) is 0 Å². The van der Waals surface area contributed by atoms with Gasteiger partial charge >= 0.3 is 11.8 Å². The van der Waals surface area contributed by atoms with Crippen molar-refractivity contribution < 1.29 is 14.4 Å². The van der Waals surface area contributed by atoms with E-state index in [0.717, 1.165) is 16.0 Å². The smallest absolute Gasteiger partial charge is 0.318 e. The molecule has 0 fully saturated rings. The third-order valence-corrected chi connectivity index (χ3v) is 2.83. The zero-order valence-corrected chi connectivity index (χ0v) is 11.7. The quantitative estimate of drug-likeness (QED) is 0.608. The Labute approximate surface area is 117 Å². The Morgan fingerprint density at radius 3 is 2.65 bits per heavy atom. The van der Waals surface area contributed by atoms with Gasteiger partial charge in [-0.1, -0.05) is 12.1 Å². The largest absolute Gasteiger partial charge is 0.330 e. The summed E-state index contributed by atoms with van der Waals surface area (Å²) in [6, 6.07) is 5.53. The van der Waals surface area contributed by atoms with Gasteiger partial charge in [-0.3, -0.25) is 19.3 Å². The van der Waals surface area contributed by atoms with Crippen LogP contribution in [0, 0.1) is 13.8 Å². The Balaban J connectivity index is 2.76. The molecule has 20 heavy (non-hydrogen) atoms. The molecule has 1 rings (SSSR count). The normalized spacial score (nSPS) is 9.95. The molecule has 0 saturated carbocycles. The van der Waals surface area contributed by atoms with Gasteiger partial charge in [-0.2, -0.15) is 0 Å². The molecule has 0 aromatic heterocycles. The maximum Gasteiger partial charge on any atom is 0.318 e. The number of benzene rings is 1. The van der Waals surface area contributed by atoms with E-state index in [9.17, 15) is 14.4 Å². The average Bonchev–Trinajstić information content (AvgIpc) is 2.43. The van der Waals surface area contributed by atoms with Crippen LogP contribution in [0.2, 0.25) is 0 Å². The minimum atomic E-state index is -0.880. The molecule has 0 bridgehead atoms. The number of nitrogens with two attached hydrogens (primary N) is 1.